The van der Waals surface area contributed by atoms with Crippen molar-refractivity contribution in [2.75, 3.05) is 5.32 Å². The molecule has 0 saturated carbocycles. The van der Waals surface area contributed by atoms with E-state index in [-0.39, 0.29) is 5.91 Å². The number of hydrogen-bond acceptors (Lipinski definition) is 2. The smallest absolute Gasteiger partial charge is 0.228 e. The molecule has 0 bridgehead atoms. The first kappa shape index (κ1) is 13.6. The van der Waals surface area contributed by atoms with E-state index in [1.54, 1.807) is 18.3 Å². The van der Waals surface area contributed by atoms with Gasteiger partial charge in [-0.1, -0.05) is 41.9 Å². The molecule has 0 aliphatic rings. The number of carbonyl (C=O) groups is 1. The maximum absolute atomic E-state index is 12.1. The zero-order valence-corrected chi connectivity index (χ0v) is 12.0. The Balaban J connectivity index is 1.79. The van der Waals surface area contributed by atoms with Crippen molar-refractivity contribution in [3.63, 3.8) is 0 Å². The van der Waals surface area contributed by atoms with Crippen LogP contribution in [-0.4, -0.2) is 10.9 Å². The first-order valence-corrected chi connectivity index (χ1v) is 6.98. The summed E-state index contributed by atoms with van der Waals surface area (Å²) >= 11 is 5.83. The van der Waals surface area contributed by atoms with Gasteiger partial charge in [-0.3, -0.25) is 9.78 Å². The Morgan fingerprint density at radius 3 is 2.62 bits per heavy atom. The minimum Gasteiger partial charge on any atom is -0.324 e. The van der Waals surface area contributed by atoms with Crippen LogP contribution in [0.5, 0.6) is 0 Å². The van der Waals surface area contributed by atoms with E-state index < -0.39 is 0 Å². The van der Waals surface area contributed by atoms with Crippen LogP contribution in [0.15, 0.2) is 60.8 Å². The molecule has 1 amide bonds. The van der Waals surface area contributed by atoms with Gasteiger partial charge in [0.25, 0.3) is 0 Å². The fourth-order valence-electron chi connectivity index (χ4n) is 2.19. The predicted octanol–water partition coefficient (Wildman–Crippen LogP) is 4.07. The summed E-state index contributed by atoms with van der Waals surface area (Å²) in [5.74, 6) is -0.0736. The largest absolute Gasteiger partial charge is 0.324 e. The van der Waals surface area contributed by atoms with E-state index in [1.165, 1.54) is 0 Å². The second kappa shape index (κ2) is 5.94. The van der Waals surface area contributed by atoms with E-state index in [0.717, 1.165) is 22.2 Å². The average molecular weight is 297 g/mol. The number of nitrogens with one attached hydrogen (secondary N) is 1. The predicted molar refractivity (Wildman–Crippen MR) is 85.5 cm³/mol. The van der Waals surface area contributed by atoms with Gasteiger partial charge >= 0.3 is 0 Å². The number of hydrogen-bond donors (Lipinski definition) is 1. The highest BCUT2D eigenvalue weighted by Gasteiger charge is 2.07. The van der Waals surface area contributed by atoms with E-state index in [9.17, 15) is 4.79 Å². The average Bonchev–Trinajstić information content (AvgIpc) is 2.50. The quantitative estimate of drug-likeness (QED) is 0.791. The maximum atomic E-state index is 12.1. The lowest BCUT2D eigenvalue weighted by Crippen LogP contribution is -2.14. The van der Waals surface area contributed by atoms with Crippen molar-refractivity contribution >= 4 is 34.1 Å². The number of nitrogens with zero attached hydrogens (tertiary/aromatic N) is 1. The van der Waals surface area contributed by atoms with Gasteiger partial charge in [0.15, 0.2) is 0 Å². The fraction of sp³-hybridized carbons (Fsp3) is 0.0588. The molecule has 0 saturated heterocycles. The van der Waals surface area contributed by atoms with Crippen LogP contribution < -0.4 is 5.32 Å². The third-order valence-corrected chi connectivity index (χ3v) is 3.44. The van der Waals surface area contributed by atoms with Crippen molar-refractivity contribution < 1.29 is 4.79 Å². The maximum Gasteiger partial charge on any atom is 0.228 e. The highest BCUT2D eigenvalue weighted by molar-refractivity contribution is 6.30. The number of amides is 1. The molecule has 0 fully saturated rings. The lowest BCUT2D eigenvalue weighted by molar-refractivity contribution is -0.115. The Morgan fingerprint density at radius 2 is 1.81 bits per heavy atom. The molecule has 0 spiro atoms. The van der Waals surface area contributed by atoms with Crippen molar-refractivity contribution in [1.29, 1.82) is 0 Å². The Labute approximate surface area is 127 Å². The monoisotopic (exact) mass is 296 g/mol. The van der Waals surface area contributed by atoms with Crippen LogP contribution in [0.4, 0.5) is 5.69 Å². The standard InChI is InChI=1S/C17H13ClN2O/c18-14-8-6-12(7-9-14)11-16(21)20-15-5-1-3-13-4-2-10-19-17(13)15/h1-10H,11H2,(H,20,21). The summed E-state index contributed by atoms with van der Waals surface area (Å²) in [5.41, 5.74) is 2.45. The summed E-state index contributed by atoms with van der Waals surface area (Å²) < 4.78 is 0. The molecular weight excluding hydrogens is 284 g/mol. The van der Waals surface area contributed by atoms with Gasteiger partial charge in [0.1, 0.15) is 0 Å². The first-order valence-electron chi connectivity index (χ1n) is 6.60. The van der Waals surface area contributed by atoms with E-state index in [0.29, 0.717) is 11.4 Å². The van der Waals surface area contributed by atoms with Gasteiger partial charge < -0.3 is 5.32 Å². The molecule has 1 heterocycles. The number of pyridine rings is 1. The summed E-state index contributed by atoms with van der Waals surface area (Å²) in [5, 5.41) is 4.58. The molecule has 2 aromatic carbocycles. The molecule has 21 heavy (non-hydrogen) atoms. The first-order chi connectivity index (χ1) is 10.2. The Morgan fingerprint density at radius 1 is 1.05 bits per heavy atom. The van der Waals surface area contributed by atoms with E-state index in [4.69, 9.17) is 11.6 Å². The van der Waals surface area contributed by atoms with Gasteiger partial charge in [0, 0.05) is 16.6 Å². The highest BCUT2D eigenvalue weighted by Crippen LogP contribution is 2.21. The molecule has 1 N–H and O–H groups in total. The van der Waals surface area contributed by atoms with E-state index >= 15 is 0 Å². The molecule has 0 aliphatic carbocycles. The number of anilines is 1. The molecule has 1 aromatic heterocycles. The van der Waals surface area contributed by atoms with Gasteiger partial charge in [-0.25, -0.2) is 0 Å². The lowest BCUT2D eigenvalue weighted by Gasteiger charge is -2.08. The molecule has 3 nitrogen and oxygen atoms in total. The second-order valence-corrected chi connectivity index (χ2v) is 5.17. The van der Waals surface area contributed by atoms with Crippen molar-refractivity contribution in [2.24, 2.45) is 0 Å². The van der Waals surface area contributed by atoms with Crippen LogP contribution in [0.25, 0.3) is 10.9 Å². The van der Waals surface area contributed by atoms with Gasteiger partial charge in [0.2, 0.25) is 5.91 Å². The van der Waals surface area contributed by atoms with Crippen LogP contribution in [0.2, 0.25) is 5.02 Å². The minimum atomic E-state index is -0.0736. The molecule has 0 radical (unpaired) electrons. The number of halogens is 1. The molecule has 0 unspecified atom stereocenters. The summed E-state index contributed by atoms with van der Waals surface area (Å²) in [7, 11) is 0. The number of rotatable bonds is 3. The van der Waals surface area contributed by atoms with Crippen LogP contribution in [0, 0.1) is 0 Å². The molecule has 4 heteroatoms. The topological polar surface area (TPSA) is 42.0 Å². The molecular formula is C17H13ClN2O. The molecule has 0 aliphatic heterocycles. The molecule has 3 rings (SSSR count). The number of carbonyl (C=O) groups excluding carboxylic acids is 1. The Bertz CT molecular complexity index is 779. The fourth-order valence-corrected chi connectivity index (χ4v) is 2.31. The number of para-hydroxylation sites is 1. The number of fused-ring (bicyclic) bond motifs is 1. The third-order valence-electron chi connectivity index (χ3n) is 3.18. The summed E-state index contributed by atoms with van der Waals surface area (Å²) in [4.78, 5) is 16.5. The van der Waals surface area contributed by atoms with Crippen LogP contribution in [0.3, 0.4) is 0 Å². The highest BCUT2D eigenvalue weighted by atomic mass is 35.5. The SMILES string of the molecule is O=C(Cc1ccc(Cl)cc1)Nc1cccc2cccnc12. The molecule has 3 aromatic rings. The van der Waals surface area contributed by atoms with Crippen molar-refractivity contribution in [1.82, 2.24) is 4.98 Å². The van der Waals surface area contributed by atoms with Gasteiger partial charge in [-0.15, -0.1) is 0 Å². The lowest BCUT2D eigenvalue weighted by atomic mass is 10.1. The normalized spacial score (nSPS) is 10.5. The molecule has 0 atom stereocenters. The second-order valence-electron chi connectivity index (χ2n) is 4.73. The van der Waals surface area contributed by atoms with E-state index in [1.807, 2.05) is 42.5 Å². The van der Waals surface area contributed by atoms with Crippen LogP contribution in [-0.2, 0) is 11.2 Å². The van der Waals surface area contributed by atoms with Gasteiger partial charge in [0.05, 0.1) is 17.6 Å². The van der Waals surface area contributed by atoms with Gasteiger partial charge in [-0.05, 0) is 29.8 Å². The zero-order valence-electron chi connectivity index (χ0n) is 11.2. The van der Waals surface area contributed by atoms with Gasteiger partial charge in [-0.2, -0.15) is 0 Å². The van der Waals surface area contributed by atoms with Crippen LogP contribution in [0.1, 0.15) is 5.56 Å². The Hall–Kier alpha value is -2.39. The summed E-state index contributed by atoms with van der Waals surface area (Å²) in [6.45, 7) is 0. The molecule has 104 valence electrons. The summed E-state index contributed by atoms with van der Waals surface area (Å²) in [6.07, 6.45) is 2.03. The number of benzene rings is 2. The third kappa shape index (κ3) is 3.20. The van der Waals surface area contributed by atoms with Crippen molar-refractivity contribution in [3.05, 3.63) is 71.4 Å². The Kier molecular flexibility index (Phi) is 3.84. The minimum absolute atomic E-state index is 0.0736. The van der Waals surface area contributed by atoms with E-state index in [2.05, 4.69) is 10.3 Å². The van der Waals surface area contributed by atoms with Crippen molar-refractivity contribution in [3.8, 4) is 0 Å². The number of aromatic nitrogens is 1. The van der Waals surface area contributed by atoms with Crippen LogP contribution >= 0.6 is 11.6 Å². The summed E-state index contributed by atoms with van der Waals surface area (Å²) in [6, 6.07) is 16.8. The van der Waals surface area contributed by atoms with Crippen molar-refractivity contribution in [2.45, 2.75) is 6.42 Å². The zero-order chi connectivity index (χ0) is 14.7.